The number of fused-ring (bicyclic) bond motifs is 1. The molecule has 1 saturated carbocycles. The molecule has 2 heterocycles. The van der Waals surface area contributed by atoms with Gasteiger partial charge < -0.3 is 4.90 Å². The average molecular weight is 599 g/mol. The van der Waals surface area contributed by atoms with Gasteiger partial charge in [-0.1, -0.05) is 23.7 Å². The Morgan fingerprint density at radius 1 is 1.23 bits per heavy atom. The number of benzene rings is 2. The van der Waals surface area contributed by atoms with Gasteiger partial charge in [0.15, 0.2) is 4.47 Å². The van der Waals surface area contributed by atoms with Crippen LogP contribution in [0.5, 0.6) is 0 Å². The van der Waals surface area contributed by atoms with Gasteiger partial charge >= 0.3 is 0 Å². The number of rotatable bonds is 6. The second-order valence-corrected chi connectivity index (χ2v) is 14.1. The van der Waals surface area contributed by atoms with Crippen molar-refractivity contribution >= 4 is 49.0 Å². The Bertz CT molecular complexity index is 1510. The van der Waals surface area contributed by atoms with Crippen LogP contribution in [0.1, 0.15) is 49.7 Å². The molecule has 1 aromatic heterocycles. The molecule has 6 nitrogen and oxygen atoms in total. The van der Waals surface area contributed by atoms with E-state index in [1.807, 2.05) is 18.2 Å². The first-order chi connectivity index (χ1) is 18.5. The molecule has 2 aliphatic rings. The molecule has 12 heteroatoms. The van der Waals surface area contributed by atoms with Crippen LogP contribution < -0.4 is 0 Å². The van der Waals surface area contributed by atoms with Gasteiger partial charge in [0.2, 0.25) is 11.8 Å². The number of halogens is 4. The molecular weight excluding hydrogens is 569 g/mol. The molecule has 0 radical (unpaired) electrons. The normalized spacial score (nSPS) is 21.6. The Morgan fingerprint density at radius 3 is 2.67 bits per heavy atom. The van der Waals surface area contributed by atoms with Crippen molar-refractivity contribution in [3.8, 4) is 0 Å². The average Bonchev–Trinajstić information content (AvgIpc) is 3.54. The molecule has 0 spiro atoms. The van der Waals surface area contributed by atoms with Crippen LogP contribution in [0.15, 0.2) is 45.7 Å². The van der Waals surface area contributed by atoms with E-state index in [0.717, 1.165) is 10.3 Å². The molecule has 2 atom stereocenters. The third kappa shape index (κ3) is 5.68. The summed E-state index contributed by atoms with van der Waals surface area (Å²) in [7, 11) is -1.86. The monoisotopic (exact) mass is 598 g/mol. The highest BCUT2D eigenvalue weighted by Crippen LogP contribution is 2.38. The van der Waals surface area contributed by atoms with Gasteiger partial charge in [-0.25, -0.2) is 31.0 Å². The lowest BCUT2D eigenvalue weighted by Gasteiger charge is -2.39. The highest BCUT2D eigenvalue weighted by molar-refractivity contribution is 7.91. The van der Waals surface area contributed by atoms with Crippen LogP contribution in [0.25, 0.3) is 10.2 Å². The SMILES string of the molecule is CN=[S@](=O)(c1ccc(C)c(F)c1)N1CCC[C@H]1C(=O)N(Cc1ccc2sc(Cl)nc2c1)C1CCC(F)(F)CC1. The minimum atomic E-state index is -3.27. The summed E-state index contributed by atoms with van der Waals surface area (Å²) in [5.41, 5.74) is 1.94. The highest BCUT2D eigenvalue weighted by Gasteiger charge is 2.44. The van der Waals surface area contributed by atoms with E-state index >= 15 is 0 Å². The number of hydrogen-bond acceptors (Lipinski definition) is 5. The summed E-state index contributed by atoms with van der Waals surface area (Å²) in [5.74, 6) is -3.51. The molecule has 0 bridgehead atoms. The Morgan fingerprint density at radius 2 is 1.97 bits per heavy atom. The van der Waals surface area contributed by atoms with Gasteiger partial charge in [-0.3, -0.25) is 4.79 Å². The first-order valence-corrected chi connectivity index (χ1v) is 15.6. The first-order valence-electron chi connectivity index (χ1n) is 12.9. The largest absolute Gasteiger partial charge is 0.334 e. The van der Waals surface area contributed by atoms with Gasteiger partial charge in [0.1, 0.15) is 21.8 Å². The van der Waals surface area contributed by atoms with Crippen molar-refractivity contribution in [1.82, 2.24) is 14.2 Å². The lowest BCUT2D eigenvalue weighted by atomic mass is 9.90. The van der Waals surface area contributed by atoms with E-state index in [1.54, 1.807) is 28.3 Å². The van der Waals surface area contributed by atoms with E-state index in [4.69, 9.17) is 11.6 Å². The van der Waals surface area contributed by atoms with Crippen molar-refractivity contribution in [1.29, 1.82) is 0 Å². The molecule has 1 aliphatic carbocycles. The Kier molecular flexibility index (Phi) is 7.98. The zero-order chi connectivity index (χ0) is 27.9. The van der Waals surface area contributed by atoms with Gasteiger partial charge in [0, 0.05) is 39.0 Å². The second-order valence-electron chi connectivity index (χ2n) is 10.2. The fourth-order valence-electron chi connectivity index (χ4n) is 5.52. The maximum Gasteiger partial charge on any atom is 0.248 e. The molecular formula is C27H30ClF3N4O2S2. The molecule has 5 rings (SSSR count). The van der Waals surface area contributed by atoms with E-state index in [9.17, 15) is 22.2 Å². The Labute approximate surface area is 235 Å². The van der Waals surface area contributed by atoms with E-state index in [1.165, 1.54) is 24.5 Å². The molecule has 1 amide bonds. The number of thiazole rings is 1. The molecule has 1 saturated heterocycles. The summed E-state index contributed by atoms with van der Waals surface area (Å²) in [5, 5.41) is 0. The zero-order valence-electron chi connectivity index (χ0n) is 21.7. The number of carbonyl (C=O) groups excluding carboxylic acids is 1. The summed E-state index contributed by atoms with van der Waals surface area (Å²) < 4.78 is 63.9. The van der Waals surface area contributed by atoms with Crippen LogP contribution in [0.4, 0.5) is 13.2 Å². The molecule has 0 unspecified atom stereocenters. The van der Waals surface area contributed by atoms with Gasteiger partial charge in [0.25, 0.3) is 0 Å². The number of aromatic nitrogens is 1. The molecule has 39 heavy (non-hydrogen) atoms. The molecule has 1 aliphatic heterocycles. The van der Waals surface area contributed by atoms with Gasteiger partial charge in [0.05, 0.1) is 15.1 Å². The van der Waals surface area contributed by atoms with Gasteiger partial charge in [-0.2, -0.15) is 0 Å². The van der Waals surface area contributed by atoms with E-state index in [2.05, 4.69) is 9.35 Å². The summed E-state index contributed by atoms with van der Waals surface area (Å²) in [6.07, 6.45) is 0.817. The summed E-state index contributed by atoms with van der Waals surface area (Å²) in [4.78, 5) is 20.4. The van der Waals surface area contributed by atoms with Gasteiger partial charge in [-0.15, -0.1) is 11.3 Å². The highest BCUT2D eigenvalue weighted by atomic mass is 35.5. The third-order valence-electron chi connectivity index (χ3n) is 7.69. The molecule has 2 aromatic carbocycles. The smallest absolute Gasteiger partial charge is 0.248 e. The fraction of sp³-hybridized carbons (Fsp3) is 0.481. The van der Waals surface area contributed by atoms with Crippen LogP contribution in [-0.2, 0) is 21.3 Å². The number of aryl methyl sites for hydroxylation is 1. The van der Waals surface area contributed by atoms with Crippen LogP contribution in [0, 0.1) is 12.7 Å². The lowest BCUT2D eigenvalue weighted by molar-refractivity contribution is -0.141. The topological polar surface area (TPSA) is 65.9 Å². The zero-order valence-corrected chi connectivity index (χ0v) is 24.1. The van der Waals surface area contributed by atoms with Crippen LogP contribution >= 0.6 is 22.9 Å². The minimum absolute atomic E-state index is 0.174. The summed E-state index contributed by atoms with van der Waals surface area (Å²) >= 11 is 7.43. The predicted octanol–water partition coefficient (Wildman–Crippen LogP) is 6.84. The first kappa shape index (κ1) is 28.3. The predicted molar refractivity (Wildman–Crippen MR) is 148 cm³/mol. The van der Waals surface area contributed by atoms with Crippen molar-refractivity contribution in [2.45, 2.75) is 74.9 Å². The number of alkyl halides is 2. The van der Waals surface area contributed by atoms with Crippen molar-refractivity contribution in [3.63, 3.8) is 0 Å². The summed E-state index contributed by atoms with van der Waals surface area (Å²) in [6.45, 7) is 2.17. The van der Waals surface area contributed by atoms with Gasteiger partial charge in [-0.05, 0) is 68.0 Å². The lowest BCUT2D eigenvalue weighted by Crippen LogP contribution is -2.52. The van der Waals surface area contributed by atoms with Crippen LogP contribution in [0.2, 0.25) is 4.47 Å². The van der Waals surface area contributed by atoms with Crippen LogP contribution in [0.3, 0.4) is 0 Å². The minimum Gasteiger partial charge on any atom is -0.334 e. The molecule has 210 valence electrons. The number of carbonyl (C=O) groups is 1. The molecule has 0 N–H and O–H groups in total. The molecule has 3 aromatic rings. The third-order valence-corrected chi connectivity index (χ3v) is 11.3. The van der Waals surface area contributed by atoms with E-state index in [-0.39, 0.29) is 49.1 Å². The number of amides is 1. The number of hydrogen-bond donors (Lipinski definition) is 0. The van der Waals surface area contributed by atoms with E-state index < -0.39 is 27.7 Å². The standard InChI is InChI=1S/C27H30ClF3N4O2S2/c1-17-5-7-20(15-21(17)29)39(37,32-2)35-13-3-4-23(35)25(36)34(19-9-11-27(30,31)12-10-19)16-18-6-8-24-22(14-18)33-26(28)38-24/h5-8,14-15,19,23H,3-4,9-13,16H2,1-2H3/t23-,39+/m0/s1. The Balaban J connectivity index is 1.48. The van der Waals surface area contributed by atoms with E-state index in [0.29, 0.717) is 34.9 Å². The Hall–Kier alpha value is -2.21. The molecule has 2 fully saturated rings. The number of nitrogens with zero attached hydrogens (tertiary/aromatic N) is 4. The second kappa shape index (κ2) is 11.0. The maximum absolute atomic E-state index is 14.4. The fourth-order valence-corrected chi connectivity index (χ4v) is 8.64. The van der Waals surface area contributed by atoms with Crippen molar-refractivity contribution in [2.75, 3.05) is 13.6 Å². The van der Waals surface area contributed by atoms with Crippen molar-refractivity contribution in [2.24, 2.45) is 4.36 Å². The van der Waals surface area contributed by atoms with Crippen molar-refractivity contribution in [3.05, 3.63) is 57.8 Å². The maximum atomic E-state index is 14.4. The summed E-state index contributed by atoms with van der Waals surface area (Å²) in [6, 6.07) is 8.84. The quantitative estimate of drug-likeness (QED) is 0.312. The van der Waals surface area contributed by atoms with Crippen LogP contribution in [-0.4, -0.2) is 55.9 Å². The van der Waals surface area contributed by atoms with Crippen molar-refractivity contribution < 1.29 is 22.2 Å².